The van der Waals surface area contributed by atoms with Gasteiger partial charge in [0.25, 0.3) is 5.91 Å². The largest absolute Gasteiger partial charge is 0.321 e. The van der Waals surface area contributed by atoms with Crippen molar-refractivity contribution in [2.45, 2.75) is 6.92 Å². The first kappa shape index (κ1) is 11.1. The van der Waals surface area contributed by atoms with Crippen LogP contribution in [0.5, 0.6) is 0 Å². The van der Waals surface area contributed by atoms with Crippen LogP contribution in [0.4, 0.5) is 5.69 Å². The minimum Gasteiger partial charge on any atom is -0.321 e. The van der Waals surface area contributed by atoms with Gasteiger partial charge >= 0.3 is 0 Å². The highest BCUT2D eigenvalue weighted by Crippen LogP contribution is 2.08. The van der Waals surface area contributed by atoms with Crippen LogP contribution in [0.15, 0.2) is 29.3 Å². The molecule has 0 saturated heterocycles. The average Bonchev–Trinajstić information content (AvgIpc) is 2.70. The molecule has 0 spiro atoms. The lowest BCUT2D eigenvalue weighted by Crippen LogP contribution is -2.18. The number of nitrogens with one attached hydrogen (secondary N) is 2. The highest BCUT2D eigenvalue weighted by molar-refractivity contribution is 6.04. The molecule has 6 heteroatoms. The molecule has 2 N–H and O–H groups in total. The molecule has 2 aromatic rings. The SMILES string of the molecule is Cc1[nH]ncc1C(=O)Nc1ccc(=O)n(C)c1. The van der Waals surface area contributed by atoms with Crippen molar-refractivity contribution >= 4 is 11.6 Å². The van der Waals surface area contributed by atoms with E-state index >= 15 is 0 Å². The molecule has 0 fully saturated rings. The quantitative estimate of drug-likeness (QED) is 0.798. The first-order valence-electron chi connectivity index (χ1n) is 5.06. The number of nitrogens with zero attached hydrogens (tertiary/aromatic N) is 2. The zero-order valence-electron chi connectivity index (χ0n) is 9.52. The molecule has 0 unspecified atom stereocenters. The Bertz CT molecular complexity index is 612. The Labute approximate surface area is 97.3 Å². The fraction of sp³-hybridized carbons (Fsp3) is 0.182. The fourth-order valence-corrected chi connectivity index (χ4v) is 1.45. The van der Waals surface area contributed by atoms with E-state index in [1.807, 2.05) is 0 Å². The molecular weight excluding hydrogens is 220 g/mol. The third kappa shape index (κ3) is 2.25. The molecule has 0 bridgehead atoms. The normalized spacial score (nSPS) is 10.2. The van der Waals surface area contributed by atoms with Crippen molar-refractivity contribution in [3.8, 4) is 0 Å². The molecule has 0 aliphatic heterocycles. The van der Waals surface area contributed by atoms with Gasteiger partial charge in [0.05, 0.1) is 17.4 Å². The maximum Gasteiger partial charge on any atom is 0.259 e. The van der Waals surface area contributed by atoms with Crippen LogP contribution in [-0.4, -0.2) is 20.7 Å². The summed E-state index contributed by atoms with van der Waals surface area (Å²) in [4.78, 5) is 23.0. The number of anilines is 1. The van der Waals surface area contributed by atoms with Crippen LogP contribution in [0.1, 0.15) is 16.1 Å². The van der Waals surface area contributed by atoms with Crippen LogP contribution in [0, 0.1) is 6.92 Å². The molecule has 2 aromatic heterocycles. The molecule has 2 heterocycles. The summed E-state index contributed by atoms with van der Waals surface area (Å²) in [6.07, 6.45) is 3.03. The molecule has 6 nitrogen and oxygen atoms in total. The zero-order chi connectivity index (χ0) is 12.4. The van der Waals surface area contributed by atoms with Crippen LogP contribution < -0.4 is 10.9 Å². The van der Waals surface area contributed by atoms with Gasteiger partial charge in [0, 0.05) is 25.0 Å². The smallest absolute Gasteiger partial charge is 0.259 e. The molecule has 0 aliphatic rings. The third-order valence-electron chi connectivity index (χ3n) is 2.42. The number of carbonyl (C=O) groups is 1. The summed E-state index contributed by atoms with van der Waals surface area (Å²) >= 11 is 0. The number of carbonyl (C=O) groups excluding carboxylic acids is 1. The summed E-state index contributed by atoms with van der Waals surface area (Å²) in [5, 5.41) is 9.16. The van der Waals surface area contributed by atoms with Gasteiger partial charge in [-0.3, -0.25) is 14.7 Å². The van der Waals surface area contributed by atoms with Crippen molar-refractivity contribution in [3.63, 3.8) is 0 Å². The van der Waals surface area contributed by atoms with E-state index in [1.54, 1.807) is 26.2 Å². The maximum atomic E-state index is 11.8. The van der Waals surface area contributed by atoms with Gasteiger partial charge in [-0.25, -0.2) is 0 Å². The highest BCUT2D eigenvalue weighted by atomic mass is 16.1. The minimum atomic E-state index is -0.255. The molecule has 0 atom stereocenters. The van der Waals surface area contributed by atoms with E-state index in [0.717, 1.165) is 0 Å². The lowest BCUT2D eigenvalue weighted by atomic mass is 10.2. The number of H-pyrrole nitrogens is 1. The number of hydrogen-bond donors (Lipinski definition) is 2. The van der Waals surface area contributed by atoms with Gasteiger partial charge in [-0.05, 0) is 13.0 Å². The second-order valence-corrected chi connectivity index (χ2v) is 3.73. The summed E-state index contributed by atoms with van der Waals surface area (Å²) in [7, 11) is 1.63. The molecular formula is C11H12N4O2. The number of hydrogen-bond acceptors (Lipinski definition) is 3. The van der Waals surface area contributed by atoms with Gasteiger partial charge in [0.2, 0.25) is 5.56 Å². The summed E-state index contributed by atoms with van der Waals surface area (Å²) in [5.74, 6) is -0.255. The molecule has 0 radical (unpaired) electrons. The van der Waals surface area contributed by atoms with Crippen LogP contribution in [0.25, 0.3) is 0 Å². The Hall–Kier alpha value is -2.37. The summed E-state index contributed by atoms with van der Waals surface area (Å²) in [6, 6.07) is 2.97. The van der Waals surface area contributed by atoms with Crippen molar-refractivity contribution in [2.75, 3.05) is 5.32 Å². The Morgan fingerprint density at radius 1 is 1.47 bits per heavy atom. The van der Waals surface area contributed by atoms with E-state index in [4.69, 9.17) is 0 Å². The van der Waals surface area contributed by atoms with Crippen molar-refractivity contribution in [3.05, 3.63) is 46.1 Å². The Balaban J connectivity index is 2.22. The number of aryl methyl sites for hydroxylation is 2. The third-order valence-corrected chi connectivity index (χ3v) is 2.42. The van der Waals surface area contributed by atoms with Crippen LogP contribution >= 0.6 is 0 Å². The van der Waals surface area contributed by atoms with Gasteiger partial charge in [0.15, 0.2) is 0 Å². The van der Waals surface area contributed by atoms with Crippen molar-refractivity contribution in [2.24, 2.45) is 7.05 Å². The topological polar surface area (TPSA) is 79.8 Å². The van der Waals surface area contributed by atoms with Gasteiger partial charge < -0.3 is 9.88 Å². The number of amides is 1. The van der Waals surface area contributed by atoms with Gasteiger partial charge in [-0.2, -0.15) is 5.10 Å². The van der Waals surface area contributed by atoms with E-state index < -0.39 is 0 Å². The van der Waals surface area contributed by atoms with Gasteiger partial charge in [-0.1, -0.05) is 0 Å². The van der Waals surface area contributed by atoms with Crippen molar-refractivity contribution < 1.29 is 4.79 Å². The molecule has 0 aliphatic carbocycles. The second-order valence-electron chi connectivity index (χ2n) is 3.73. The Morgan fingerprint density at radius 3 is 2.82 bits per heavy atom. The first-order chi connectivity index (χ1) is 8.08. The number of rotatable bonds is 2. The monoisotopic (exact) mass is 232 g/mol. The van der Waals surface area contributed by atoms with Crippen LogP contribution in [-0.2, 0) is 7.05 Å². The fourth-order valence-electron chi connectivity index (χ4n) is 1.45. The van der Waals surface area contributed by atoms with Crippen molar-refractivity contribution in [1.29, 1.82) is 0 Å². The second kappa shape index (κ2) is 4.25. The van der Waals surface area contributed by atoms with Gasteiger partial charge in [0.1, 0.15) is 0 Å². The predicted molar refractivity (Wildman–Crippen MR) is 63.0 cm³/mol. The number of pyridine rings is 1. The Morgan fingerprint density at radius 2 is 2.24 bits per heavy atom. The number of aromatic nitrogens is 3. The summed E-state index contributed by atoms with van der Waals surface area (Å²) in [6.45, 7) is 1.77. The lowest BCUT2D eigenvalue weighted by Gasteiger charge is -2.05. The standard InChI is InChI=1S/C11H12N4O2/c1-7-9(5-12-14-7)11(17)13-8-3-4-10(16)15(2)6-8/h3-6H,1-2H3,(H,12,14)(H,13,17). The zero-order valence-corrected chi connectivity index (χ0v) is 9.52. The van der Waals surface area contributed by atoms with E-state index in [-0.39, 0.29) is 11.5 Å². The molecule has 17 heavy (non-hydrogen) atoms. The number of aromatic amines is 1. The molecule has 88 valence electrons. The lowest BCUT2D eigenvalue weighted by molar-refractivity contribution is 0.102. The molecule has 0 saturated carbocycles. The first-order valence-corrected chi connectivity index (χ1v) is 5.06. The van der Waals surface area contributed by atoms with E-state index in [0.29, 0.717) is 16.9 Å². The summed E-state index contributed by atoms with van der Waals surface area (Å²) in [5.41, 5.74) is 1.63. The Kier molecular flexibility index (Phi) is 2.78. The van der Waals surface area contributed by atoms with E-state index in [9.17, 15) is 9.59 Å². The van der Waals surface area contributed by atoms with Crippen molar-refractivity contribution in [1.82, 2.24) is 14.8 Å². The predicted octanol–water partition coefficient (Wildman–Crippen LogP) is 0.669. The summed E-state index contributed by atoms with van der Waals surface area (Å²) < 4.78 is 1.40. The minimum absolute atomic E-state index is 0.123. The highest BCUT2D eigenvalue weighted by Gasteiger charge is 2.10. The van der Waals surface area contributed by atoms with E-state index in [2.05, 4.69) is 15.5 Å². The molecule has 1 amide bonds. The van der Waals surface area contributed by atoms with Gasteiger partial charge in [-0.15, -0.1) is 0 Å². The maximum absolute atomic E-state index is 11.8. The van der Waals surface area contributed by atoms with E-state index in [1.165, 1.54) is 16.8 Å². The van der Waals surface area contributed by atoms with Crippen LogP contribution in [0.3, 0.4) is 0 Å². The molecule has 2 rings (SSSR count). The molecule has 0 aromatic carbocycles. The van der Waals surface area contributed by atoms with Crippen LogP contribution in [0.2, 0.25) is 0 Å². The average molecular weight is 232 g/mol.